The number of benzene rings is 1. The van der Waals surface area contributed by atoms with Gasteiger partial charge in [-0.15, -0.1) is 11.8 Å². The fraction of sp³-hybridized carbons (Fsp3) is 0.286. The number of amides is 1. The number of aromatic amines is 1. The predicted octanol–water partition coefficient (Wildman–Crippen LogP) is 3.80. The van der Waals surface area contributed by atoms with Crippen LogP contribution >= 0.6 is 23.4 Å². The molecule has 20 heavy (non-hydrogen) atoms. The van der Waals surface area contributed by atoms with Crippen molar-refractivity contribution in [2.24, 2.45) is 0 Å². The number of thioether (sulfide) groups is 1. The van der Waals surface area contributed by atoms with Gasteiger partial charge < -0.3 is 5.32 Å². The van der Waals surface area contributed by atoms with E-state index in [1.165, 1.54) is 0 Å². The van der Waals surface area contributed by atoms with E-state index in [9.17, 15) is 4.79 Å². The molecule has 6 heteroatoms. The van der Waals surface area contributed by atoms with Crippen molar-refractivity contribution in [1.82, 2.24) is 10.2 Å². The van der Waals surface area contributed by atoms with Gasteiger partial charge in [0.05, 0.1) is 22.1 Å². The first kappa shape index (κ1) is 14.9. The van der Waals surface area contributed by atoms with Crippen molar-refractivity contribution in [2.75, 3.05) is 11.1 Å². The van der Waals surface area contributed by atoms with Crippen LogP contribution in [0.5, 0.6) is 0 Å². The Bertz CT molecular complexity index is 593. The van der Waals surface area contributed by atoms with E-state index < -0.39 is 0 Å². The third kappa shape index (κ3) is 3.77. The molecule has 0 aliphatic heterocycles. The van der Waals surface area contributed by atoms with E-state index in [4.69, 9.17) is 11.6 Å². The zero-order valence-corrected chi connectivity index (χ0v) is 12.9. The molecule has 106 valence electrons. The maximum absolute atomic E-state index is 11.9. The van der Waals surface area contributed by atoms with Gasteiger partial charge in [0.25, 0.3) is 0 Å². The summed E-state index contributed by atoms with van der Waals surface area (Å²) in [4.78, 5) is 12.9. The van der Waals surface area contributed by atoms with Crippen LogP contribution in [0.25, 0.3) is 0 Å². The van der Waals surface area contributed by atoms with Gasteiger partial charge in [0.15, 0.2) is 0 Å². The van der Waals surface area contributed by atoms with Gasteiger partial charge >= 0.3 is 0 Å². The number of hydrogen-bond acceptors (Lipinski definition) is 3. The first-order valence-corrected chi connectivity index (χ1v) is 7.63. The van der Waals surface area contributed by atoms with Crippen LogP contribution in [0.4, 0.5) is 5.69 Å². The molecule has 2 aromatic rings. The monoisotopic (exact) mass is 309 g/mol. The molecule has 0 saturated carbocycles. The van der Waals surface area contributed by atoms with Crippen molar-refractivity contribution in [3.63, 3.8) is 0 Å². The first-order chi connectivity index (χ1) is 9.58. The van der Waals surface area contributed by atoms with Crippen LogP contribution in [-0.2, 0) is 4.79 Å². The molecule has 0 saturated heterocycles. The average Bonchev–Trinajstić information content (AvgIpc) is 2.73. The van der Waals surface area contributed by atoms with Crippen molar-refractivity contribution in [3.05, 3.63) is 40.7 Å². The minimum Gasteiger partial charge on any atom is -0.323 e. The molecule has 4 nitrogen and oxygen atoms in total. The predicted molar refractivity (Wildman–Crippen MR) is 83.5 cm³/mol. The fourth-order valence-corrected chi connectivity index (χ4v) is 2.94. The minimum atomic E-state index is -0.0165. The van der Waals surface area contributed by atoms with Gasteiger partial charge in [0, 0.05) is 17.1 Å². The van der Waals surface area contributed by atoms with Crippen LogP contribution in [0.2, 0.25) is 5.02 Å². The smallest absolute Gasteiger partial charge is 0.225 e. The van der Waals surface area contributed by atoms with Crippen molar-refractivity contribution >= 4 is 35.0 Å². The number of H-pyrrole nitrogens is 1. The van der Waals surface area contributed by atoms with Crippen LogP contribution < -0.4 is 5.32 Å². The van der Waals surface area contributed by atoms with E-state index in [0.717, 1.165) is 27.0 Å². The quantitative estimate of drug-likeness (QED) is 0.826. The van der Waals surface area contributed by atoms with E-state index in [1.54, 1.807) is 11.8 Å². The molecule has 0 aliphatic rings. The summed E-state index contributed by atoms with van der Waals surface area (Å²) in [7, 11) is 0. The molecule has 2 rings (SSSR count). The van der Waals surface area contributed by atoms with Crippen LogP contribution in [0, 0.1) is 13.8 Å². The number of nitrogens with one attached hydrogen (secondary N) is 2. The van der Waals surface area contributed by atoms with Crippen LogP contribution in [0.15, 0.2) is 29.2 Å². The van der Waals surface area contributed by atoms with Crippen molar-refractivity contribution in [2.45, 2.75) is 25.2 Å². The number of anilines is 1. The number of halogens is 1. The number of nitrogens with zero attached hydrogens (tertiary/aromatic N) is 1. The summed E-state index contributed by atoms with van der Waals surface area (Å²) in [5.74, 6) is 0.670. The lowest BCUT2D eigenvalue weighted by Crippen LogP contribution is -2.13. The van der Waals surface area contributed by atoms with E-state index in [0.29, 0.717) is 12.2 Å². The highest BCUT2D eigenvalue weighted by Gasteiger charge is 2.10. The highest BCUT2D eigenvalue weighted by atomic mass is 35.5. The molecule has 0 radical (unpaired) electrons. The molecule has 1 aromatic heterocycles. The summed E-state index contributed by atoms with van der Waals surface area (Å²) in [5.41, 5.74) is 2.45. The molecular weight excluding hydrogens is 294 g/mol. The lowest BCUT2D eigenvalue weighted by molar-refractivity contribution is -0.115. The topological polar surface area (TPSA) is 57.8 Å². The SMILES string of the molecule is Cc1n[nH]c(C)c1NC(=O)CCSc1ccccc1Cl. The second kappa shape index (κ2) is 6.81. The summed E-state index contributed by atoms with van der Waals surface area (Å²) in [6.07, 6.45) is 0.431. The largest absolute Gasteiger partial charge is 0.323 e. The molecule has 0 bridgehead atoms. The molecule has 1 heterocycles. The third-order valence-electron chi connectivity index (χ3n) is 2.82. The molecule has 0 spiro atoms. The molecule has 2 N–H and O–H groups in total. The molecule has 1 aromatic carbocycles. The second-order valence-corrected chi connectivity index (χ2v) is 5.93. The number of aromatic nitrogens is 2. The third-order valence-corrected chi connectivity index (χ3v) is 4.33. The minimum absolute atomic E-state index is 0.0165. The molecule has 0 aliphatic carbocycles. The molecule has 0 unspecified atom stereocenters. The number of hydrogen-bond donors (Lipinski definition) is 2. The number of carbonyl (C=O) groups excluding carboxylic acids is 1. The Hall–Kier alpha value is -1.46. The summed E-state index contributed by atoms with van der Waals surface area (Å²) in [5, 5.41) is 10.5. The Morgan fingerprint density at radius 3 is 2.80 bits per heavy atom. The van der Waals surface area contributed by atoms with Crippen LogP contribution in [0.3, 0.4) is 0 Å². The summed E-state index contributed by atoms with van der Waals surface area (Å²) in [6.45, 7) is 3.74. The Balaban J connectivity index is 1.83. The van der Waals surface area contributed by atoms with Crippen molar-refractivity contribution in [1.29, 1.82) is 0 Å². The average molecular weight is 310 g/mol. The first-order valence-electron chi connectivity index (χ1n) is 6.26. The van der Waals surface area contributed by atoms with Crippen molar-refractivity contribution in [3.8, 4) is 0 Å². The highest BCUT2D eigenvalue weighted by Crippen LogP contribution is 2.27. The Labute approximate surface area is 127 Å². The summed E-state index contributed by atoms with van der Waals surface area (Å²) in [6, 6.07) is 7.63. The van der Waals surface area contributed by atoms with E-state index in [2.05, 4.69) is 15.5 Å². The van der Waals surface area contributed by atoms with E-state index >= 15 is 0 Å². The summed E-state index contributed by atoms with van der Waals surface area (Å²) < 4.78 is 0. The number of aryl methyl sites for hydroxylation is 2. The Morgan fingerprint density at radius 2 is 2.15 bits per heavy atom. The molecule has 0 fully saturated rings. The van der Waals surface area contributed by atoms with Gasteiger partial charge in [-0.1, -0.05) is 23.7 Å². The van der Waals surface area contributed by atoms with Crippen LogP contribution in [0.1, 0.15) is 17.8 Å². The molecule has 0 atom stereocenters. The maximum Gasteiger partial charge on any atom is 0.225 e. The summed E-state index contributed by atoms with van der Waals surface area (Å²) >= 11 is 7.64. The van der Waals surface area contributed by atoms with Gasteiger partial charge in [0.1, 0.15) is 0 Å². The van der Waals surface area contributed by atoms with E-state index in [-0.39, 0.29) is 5.91 Å². The zero-order chi connectivity index (χ0) is 14.5. The van der Waals surface area contributed by atoms with E-state index in [1.807, 2.05) is 38.1 Å². The van der Waals surface area contributed by atoms with Gasteiger partial charge in [-0.05, 0) is 26.0 Å². The normalized spacial score (nSPS) is 10.6. The number of carbonyl (C=O) groups is 1. The van der Waals surface area contributed by atoms with Gasteiger partial charge in [-0.25, -0.2) is 0 Å². The lowest BCUT2D eigenvalue weighted by Gasteiger charge is -2.06. The Kier molecular flexibility index (Phi) is 5.09. The van der Waals surface area contributed by atoms with Gasteiger partial charge in [-0.3, -0.25) is 9.89 Å². The van der Waals surface area contributed by atoms with Gasteiger partial charge in [-0.2, -0.15) is 5.10 Å². The fourth-order valence-electron chi connectivity index (χ4n) is 1.75. The van der Waals surface area contributed by atoms with Crippen molar-refractivity contribution < 1.29 is 4.79 Å². The Morgan fingerprint density at radius 1 is 1.40 bits per heavy atom. The standard InChI is InChI=1S/C14H16ClN3OS/c1-9-14(10(2)18-17-9)16-13(19)7-8-20-12-6-4-3-5-11(12)15/h3-6H,7-8H2,1-2H3,(H,16,19)(H,17,18). The van der Waals surface area contributed by atoms with Gasteiger partial charge in [0.2, 0.25) is 5.91 Å². The number of rotatable bonds is 5. The zero-order valence-electron chi connectivity index (χ0n) is 11.4. The second-order valence-electron chi connectivity index (χ2n) is 4.39. The molecule has 1 amide bonds. The van der Waals surface area contributed by atoms with Crippen LogP contribution in [-0.4, -0.2) is 21.9 Å². The highest BCUT2D eigenvalue weighted by molar-refractivity contribution is 7.99. The molecular formula is C14H16ClN3OS. The lowest BCUT2D eigenvalue weighted by atomic mass is 10.3. The maximum atomic E-state index is 11.9.